The fraction of sp³-hybridized carbons (Fsp3) is 0.500. The number of fused-ring (bicyclic) bond motifs is 1. The van der Waals surface area contributed by atoms with E-state index in [1.807, 2.05) is 33.0 Å². The van der Waals surface area contributed by atoms with E-state index < -0.39 is 11.7 Å². The minimum absolute atomic E-state index is 0.420. The van der Waals surface area contributed by atoms with Crippen molar-refractivity contribution in [3.05, 3.63) is 22.9 Å². The van der Waals surface area contributed by atoms with Gasteiger partial charge in [-0.3, -0.25) is 0 Å². The fourth-order valence-electron chi connectivity index (χ4n) is 2.57. The number of nitrogens with zero attached hydrogens (tertiary/aromatic N) is 3. The summed E-state index contributed by atoms with van der Waals surface area (Å²) in [5, 5.41) is 0.923. The van der Waals surface area contributed by atoms with E-state index in [2.05, 4.69) is 25.8 Å². The molecule has 3 heterocycles. The zero-order valence-electron chi connectivity index (χ0n) is 13.5. The van der Waals surface area contributed by atoms with E-state index in [-0.39, 0.29) is 0 Å². The lowest BCUT2D eigenvalue weighted by Gasteiger charge is -2.28. The highest BCUT2D eigenvalue weighted by Crippen LogP contribution is 2.31. The average molecular weight is 382 g/mol. The van der Waals surface area contributed by atoms with Gasteiger partial charge in [0.1, 0.15) is 5.60 Å². The summed E-state index contributed by atoms with van der Waals surface area (Å²) in [6.07, 6.45) is 3.08. The Labute approximate surface area is 143 Å². The average Bonchev–Trinajstić information content (AvgIpc) is 2.85. The first-order valence-electron chi connectivity index (χ1n) is 7.58. The number of aromatic nitrogens is 2. The molecule has 0 spiro atoms. The van der Waals surface area contributed by atoms with Crippen molar-refractivity contribution in [1.82, 2.24) is 9.55 Å². The zero-order valence-corrected chi connectivity index (χ0v) is 15.1. The van der Waals surface area contributed by atoms with Gasteiger partial charge >= 0.3 is 6.09 Å². The predicted octanol–water partition coefficient (Wildman–Crippen LogP) is 3.42. The van der Waals surface area contributed by atoms with E-state index in [9.17, 15) is 4.79 Å². The molecule has 7 heteroatoms. The molecule has 0 saturated carbocycles. The lowest BCUT2D eigenvalue weighted by atomic mass is 10.2. The summed E-state index contributed by atoms with van der Waals surface area (Å²) in [7, 11) is 0. The monoisotopic (exact) mass is 381 g/mol. The van der Waals surface area contributed by atoms with Crippen LogP contribution < -0.4 is 4.90 Å². The van der Waals surface area contributed by atoms with E-state index in [1.165, 1.54) is 4.57 Å². The highest BCUT2D eigenvalue weighted by atomic mass is 79.9. The van der Waals surface area contributed by atoms with Crippen LogP contribution in [0.25, 0.3) is 11.0 Å². The van der Waals surface area contributed by atoms with Crippen LogP contribution in [-0.4, -0.2) is 47.5 Å². The number of ether oxygens (including phenoxy) is 2. The van der Waals surface area contributed by atoms with Gasteiger partial charge in [-0.05, 0) is 42.8 Å². The Hall–Kier alpha value is -1.60. The molecule has 2 aromatic heterocycles. The molecule has 124 valence electrons. The van der Waals surface area contributed by atoms with Gasteiger partial charge in [0, 0.05) is 35.3 Å². The summed E-state index contributed by atoms with van der Waals surface area (Å²) in [5.74, 6) is 0. The van der Waals surface area contributed by atoms with Gasteiger partial charge in [0.2, 0.25) is 0 Å². The molecule has 1 aliphatic heterocycles. The number of hydrogen-bond acceptors (Lipinski definition) is 5. The number of carbonyl (C=O) groups excluding carboxylic acids is 1. The number of anilines is 1. The Morgan fingerprint density at radius 2 is 2.04 bits per heavy atom. The molecule has 2 aromatic rings. The summed E-state index contributed by atoms with van der Waals surface area (Å²) >= 11 is 3.45. The molecule has 0 amide bonds. The molecule has 1 fully saturated rings. The molecule has 6 nitrogen and oxygen atoms in total. The third-order valence-corrected chi connectivity index (χ3v) is 3.96. The second kappa shape index (κ2) is 6.13. The lowest BCUT2D eigenvalue weighted by Crippen LogP contribution is -2.36. The van der Waals surface area contributed by atoms with E-state index >= 15 is 0 Å². The first-order chi connectivity index (χ1) is 10.8. The summed E-state index contributed by atoms with van der Waals surface area (Å²) in [4.78, 5) is 19.1. The van der Waals surface area contributed by atoms with Crippen molar-refractivity contribution in [1.29, 1.82) is 0 Å². The van der Waals surface area contributed by atoms with E-state index in [0.29, 0.717) is 18.9 Å². The lowest BCUT2D eigenvalue weighted by molar-refractivity contribution is 0.0543. The Morgan fingerprint density at radius 3 is 2.70 bits per heavy atom. The molecular formula is C16H20BrN3O3. The molecule has 0 radical (unpaired) electrons. The van der Waals surface area contributed by atoms with Crippen molar-refractivity contribution in [2.75, 3.05) is 31.2 Å². The normalized spacial score (nSPS) is 15.9. The molecule has 0 bridgehead atoms. The minimum atomic E-state index is -0.553. The number of halogens is 1. The van der Waals surface area contributed by atoms with Gasteiger partial charge in [0.15, 0.2) is 5.65 Å². The highest BCUT2D eigenvalue weighted by Gasteiger charge is 2.24. The topological polar surface area (TPSA) is 56.6 Å². The van der Waals surface area contributed by atoms with Crippen LogP contribution in [0.1, 0.15) is 20.8 Å². The van der Waals surface area contributed by atoms with Crippen molar-refractivity contribution in [2.45, 2.75) is 26.4 Å². The third-order valence-electron chi connectivity index (χ3n) is 3.53. The van der Waals surface area contributed by atoms with Crippen molar-refractivity contribution < 1.29 is 14.3 Å². The maximum Gasteiger partial charge on any atom is 0.420 e. The summed E-state index contributed by atoms with van der Waals surface area (Å²) in [6.45, 7) is 8.50. The summed E-state index contributed by atoms with van der Waals surface area (Å²) in [6, 6.07) is 1.98. The van der Waals surface area contributed by atoms with Gasteiger partial charge in [-0.15, -0.1) is 0 Å². The number of hydrogen-bond donors (Lipinski definition) is 0. The Bertz CT molecular complexity index is 730. The number of rotatable bonds is 1. The van der Waals surface area contributed by atoms with Crippen molar-refractivity contribution in [3.8, 4) is 0 Å². The van der Waals surface area contributed by atoms with Crippen LogP contribution in [0.4, 0.5) is 10.5 Å². The Kier molecular flexibility index (Phi) is 4.33. The molecule has 23 heavy (non-hydrogen) atoms. The highest BCUT2D eigenvalue weighted by molar-refractivity contribution is 9.10. The van der Waals surface area contributed by atoms with Crippen LogP contribution in [0.3, 0.4) is 0 Å². The smallest absolute Gasteiger partial charge is 0.420 e. The molecular weight excluding hydrogens is 362 g/mol. The maximum atomic E-state index is 12.5. The van der Waals surface area contributed by atoms with Crippen molar-refractivity contribution in [2.24, 2.45) is 0 Å². The molecule has 0 N–H and O–H groups in total. The van der Waals surface area contributed by atoms with Crippen LogP contribution in [0.15, 0.2) is 22.9 Å². The molecule has 0 aliphatic carbocycles. The van der Waals surface area contributed by atoms with Gasteiger partial charge in [0.05, 0.1) is 18.9 Å². The van der Waals surface area contributed by atoms with Gasteiger partial charge < -0.3 is 14.4 Å². The molecule has 0 aromatic carbocycles. The zero-order chi connectivity index (χ0) is 16.6. The van der Waals surface area contributed by atoms with Gasteiger partial charge in [-0.2, -0.15) is 0 Å². The summed E-state index contributed by atoms with van der Waals surface area (Å²) < 4.78 is 13.3. The molecule has 3 rings (SSSR count). The standard InChI is InChI=1S/C16H20BrN3O3/c1-16(2,3)23-15(21)20-10-13(19-4-6-22-7-5-19)12-8-11(17)9-18-14(12)20/h8-10H,4-7H2,1-3H3. The predicted molar refractivity (Wildman–Crippen MR) is 92.1 cm³/mol. The van der Waals surface area contributed by atoms with Crippen molar-refractivity contribution >= 4 is 38.7 Å². The van der Waals surface area contributed by atoms with E-state index in [0.717, 1.165) is 28.6 Å². The number of morpholine rings is 1. The van der Waals surface area contributed by atoms with Crippen LogP contribution in [0.5, 0.6) is 0 Å². The van der Waals surface area contributed by atoms with Crippen molar-refractivity contribution in [3.63, 3.8) is 0 Å². The molecule has 0 atom stereocenters. The largest absolute Gasteiger partial charge is 0.443 e. The van der Waals surface area contributed by atoms with Crippen LogP contribution >= 0.6 is 15.9 Å². The second-order valence-electron chi connectivity index (χ2n) is 6.49. The molecule has 1 aliphatic rings. The number of carbonyl (C=O) groups is 1. The SMILES string of the molecule is CC(C)(C)OC(=O)n1cc(N2CCOCC2)c2cc(Br)cnc21. The number of pyridine rings is 1. The quantitative estimate of drug-likeness (QED) is 0.757. The minimum Gasteiger partial charge on any atom is -0.443 e. The summed E-state index contributed by atoms with van der Waals surface area (Å²) in [5.41, 5.74) is 1.02. The van der Waals surface area contributed by atoms with E-state index in [1.54, 1.807) is 6.20 Å². The van der Waals surface area contributed by atoms with Gasteiger partial charge in [-0.1, -0.05) is 0 Å². The third kappa shape index (κ3) is 3.50. The molecule has 1 saturated heterocycles. The first-order valence-corrected chi connectivity index (χ1v) is 8.37. The van der Waals surface area contributed by atoms with Gasteiger partial charge in [0.25, 0.3) is 0 Å². The maximum absolute atomic E-state index is 12.5. The molecule has 0 unspecified atom stereocenters. The van der Waals surface area contributed by atoms with Crippen LogP contribution in [-0.2, 0) is 9.47 Å². The van der Waals surface area contributed by atoms with E-state index in [4.69, 9.17) is 9.47 Å². The second-order valence-corrected chi connectivity index (χ2v) is 7.40. The Morgan fingerprint density at radius 1 is 1.35 bits per heavy atom. The first kappa shape index (κ1) is 16.3. The van der Waals surface area contributed by atoms with Crippen LogP contribution in [0, 0.1) is 0 Å². The Balaban J connectivity index is 2.06. The van der Waals surface area contributed by atoms with Gasteiger partial charge in [-0.25, -0.2) is 14.3 Å². The van der Waals surface area contributed by atoms with Crippen LogP contribution in [0.2, 0.25) is 0 Å². The fourth-order valence-corrected chi connectivity index (χ4v) is 2.90.